The average molecular weight is 207 g/mol. The van der Waals surface area contributed by atoms with Crippen molar-refractivity contribution >= 4 is 0 Å². The van der Waals surface area contributed by atoms with E-state index < -0.39 is 0 Å². The lowest BCUT2D eigenvalue weighted by Gasteiger charge is -2.29. The average Bonchev–Trinajstić information content (AvgIpc) is 2.19. The lowest BCUT2D eigenvalue weighted by Crippen LogP contribution is -2.28. The molecular weight excluding hydrogens is 186 g/mol. The molecule has 0 spiro atoms. The van der Waals surface area contributed by atoms with Crippen LogP contribution in [0.4, 0.5) is 0 Å². The summed E-state index contributed by atoms with van der Waals surface area (Å²) in [4.78, 5) is 6.63. The van der Waals surface area contributed by atoms with E-state index in [1.54, 1.807) is 0 Å². The molecule has 3 heteroatoms. The van der Waals surface area contributed by atoms with Gasteiger partial charge in [0.05, 0.1) is 11.7 Å². The van der Waals surface area contributed by atoms with Crippen molar-refractivity contribution in [2.45, 2.75) is 19.4 Å². The molecule has 0 aliphatic carbocycles. The molecule has 2 atom stereocenters. The highest BCUT2D eigenvalue weighted by molar-refractivity contribution is 5.09. The zero-order valence-electron chi connectivity index (χ0n) is 9.85. The summed E-state index contributed by atoms with van der Waals surface area (Å²) in [5, 5.41) is 0. The van der Waals surface area contributed by atoms with E-state index in [4.69, 9.17) is 5.73 Å². The lowest BCUT2D eigenvalue weighted by atomic mass is 9.94. The van der Waals surface area contributed by atoms with Gasteiger partial charge in [-0.25, -0.2) is 0 Å². The van der Waals surface area contributed by atoms with E-state index in [1.807, 2.05) is 18.3 Å². The maximum atomic E-state index is 5.61. The van der Waals surface area contributed by atoms with Crippen LogP contribution in [0, 0.1) is 5.92 Å². The van der Waals surface area contributed by atoms with E-state index >= 15 is 0 Å². The van der Waals surface area contributed by atoms with Gasteiger partial charge in [0, 0.05) is 6.20 Å². The van der Waals surface area contributed by atoms with Gasteiger partial charge in [0.15, 0.2) is 0 Å². The quantitative estimate of drug-likeness (QED) is 0.798. The van der Waals surface area contributed by atoms with Crippen molar-refractivity contribution in [3.63, 3.8) is 0 Å². The number of rotatable bonds is 5. The largest absolute Gasteiger partial charge is 0.330 e. The molecule has 0 aliphatic rings. The smallest absolute Gasteiger partial charge is 0.0577 e. The second-order valence-electron chi connectivity index (χ2n) is 4.22. The minimum Gasteiger partial charge on any atom is -0.330 e. The Morgan fingerprint density at radius 2 is 2.13 bits per heavy atom. The summed E-state index contributed by atoms with van der Waals surface area (Å²) in [7, 11) is 4.18. The van der Waals surface area contributed by atoms with Crippen LogP contribution in [0.25, 0.3) is 0 Å². The van der Waals surface area contributed by atoms with Crippen molar-refractivity contribution < 1.29 is 0 Å². The van der Waals surface area contributed by atoms with Gasteiger partial charge in [0.1, 0.15) is 0 Å². The molecule has 2 N–H and O–H groups in total. The van der Waals surface area contributed by atoms with E-state index in [2.05, 4.69) is 37.0 Å². The second kappa shape index (κ2) is 5.83. The Hall–Kier alpha value is -0.930. The monoisotopic (exact) mass is 207 g/mol. The molecule has 15 heavy (non-hydrogen) atoms. The Kier molecular flexibility index (Phi) is 4.72. The summed E-state index contributed by atoms with van der Waals surface area (Å²) in [6.45, 7) is 2.96. The van der Waals surface area contributed by atoms with Crippen LogP contribution >= 0.6 is 0 Å². The number of hydrogen-bond acceptors (Lipinski definition) is 3. The van der Waals surface area contributed by atoms with E-state index in [0.29, 0.717) is 12.0 Å². The van der Waals surface area contributed by atoms with Crippen LogP contribution in [0.15, 0.2) is 24.4 Å². The molecule has 0 bridgehead atoms. The van der Waals surface area contributed by atoms with Crippen molar-refractivity contribution in [1.29, 1.82) is 0 Å². The number of pyridine rings is 1. The number of nitrogens with two attached hydrogens (primary N) is 1. The van der Waals surface area contributed by atoms with Gasteiger partial charge in [-0.1, -0.05) is 13.0 Å². The van der Waals surface area contributed by atoms with Crippen LogP contribution in [-0.4, -0.2) is 30.5 Å². The third-order valence-corrected chi connectivity index (χ3v) is 2.71. The van der Waals surface area contributed by atoms with Crippen molar-refractivity contribution in [3.05, 3.63) is 30.1 Å². The Bertz CT molecular complexity index is 271. The molecule has 0 saturated carbocycles. The molecule has 0 amide bonds. The molecule has 2 unspecified atom stereocenters. The van der Waals surface area contributed by atoms with Gasteiger partial charge in [-0.2, -0.15) is 0 Å². The Balaban J connectivity index is 2.83. The van der Waals surface area contributed by atoms with E-state index in [-0.39, 0.29) is 0 Å². The third-order valence-electron chi connectivity index (χ3n) is 2.71. The molecule has 0 aliphatic heterocycles. The summed E-state index contributed by atoms with van der Waals surface area (Å²) >= 11 is 0. The van der Waals surface area contributed by atoms with Gasteiger partial charge in [-0.15, -0.1) is 0 Å². The molecule has 0 fully saturated rings. The predicted molar refractivity (Wildman–Crippen MR) is 63.5 cm³/mol. The first-order valence-electron chi connectivity index (χ1n) is 5.44. The van der Waals surface area contributed by atoms with Gasteiger partial charge in [-0.3, -0.25) is 4.98 Å². The third kappa shape index (κ3) is 3.29. The molecule has 1 aromatic rings. The normalized spacial score (nSPS) is 15.3. The maximum Gasteiger partial charge on any atom is 0.0577 e. The van der Waals surface area contributed by atoms with Crippen LogP contribution in [0.5, 0.6) is 0 Å². The maximum absolute atomic E-state index is 5.61. The number of aromatic nitrogens is 1. The van der Waals surface area contributed by atoms with Crippen LogP contribution in [0.2, 0.25) is 0 Å². The second-order valence-corrected chi connectivity index (χ2v) is 4.22. The summed E-state index contributed by atoms with van der Waals surface area (Å²) in [5.74, 6) is 0.528. The number of hydrogen-bond donors (Lipinski definition) is 1. The van der Waals surface area contributed by atoms with Gasteiger partial charge < -0.3 is 10.6 Å². The number of nitrogens with zero attached hydrogens (tertiary/aromatic N) is 2. The van der Waals surface area contributed by atoms with Crippen LogP contribution in [0.3, 0.4) is 0 Å². The minimum atomic E-state index is 0.356. The van der Waals surface area contributed by atoms with E-state index in [1.165, 1.54) is 0 Å². The molecule has 0 saturated heterocycles. The Labute approximate surface area is 92.3 Å². The fraction of sp³-hybridized carbons (Fsp3) is 0.583. The highest BCUT2D eigenvalue weighted by Crippen LogP contribution is 2.26. The molecule has 0 aromatic carbocycles. The standard InChI is InChI=1S/C12H21N3/c1-10(7-8-13)12(15(2)3)11-6-4-5-9-14-11/h4-6,9-10,12H,7-8,13H2,1-3H3. The topological polar surface area (TPSA) is 42.1 Å². The summed E-state index contributed by atoms with van der Waals surface area (Å²) in [6, 6.07) is 6.42. The zero-order valence-corrected chi connectivity index (χ0v) is 9.85. The van der Waals surface area contributed by atoms with E-state index in [9.17, 15) is 0 Å². The van der Waals surface area contributed by atoms with Gasteiger partial charge in [-0.05, 0) is 45.1 Å². The summed E-state index contributed by atoms with van der Waals surface area (Å²) in [5.41, 5.74) is 6.73. The van der Waals surface area contributed by atoms with Crippen LogP contribution < -0.4 is 5.73 Å². The molecule has 1 heterocycles. The summed E-state index contributed by atoms with van der Waals surface area (Å²) in [6.07, 6.45) is 2.88. The van der Waals surface area contributed by atoms with Crippen LogP contribution in [-0.2, 0) is 0 Å². The van der Waals surface area contributed by atoms with Crippen molar-refractivity contribution in [3.8, 4) is 0 Å². The first-order valence-corrected chi connectivity index (χ1v) is 5.44. The molecule has 1 rings (SSSR count). The van der Waals surface area contributed by atoms with Gasteiger partial charge in [0.25, 0.3) is 0 Å². The first kappa shape index (κ1) is 12.1. The SMILES string of the molecule is CC(CCN)C(c1ccccn1)N(C)C. The molecule has 1 aromatic heterocycles. The van der Waals surface area contributed by atoms with Crippen molar-refractivity contribution in [1.82, 2.24) is 9.88 Å². The Morgan fingerprint density at radius 3 is 2.60 bits per heavy atom. The molecule has 3 nitrogen and oxygen atoms in total. The van der Waals surface area contributed by atoms with Crippen LogP contribution in [0.1, 0.15) is 25.1 Å². The summed E-state index contributed by atoms with van der Waals surface area (Å²) < 4.78 is 0. The zero-order chi connectivity index (χ0) is 11.3. The molecular formula is C12H21N3. The highest BCUT2D eigenvalue weighted by Gasteiger charge is 2.21. The predicted octanol–water partition coefficient (Wildman–Crippen LogP) is 1.67. The minimum absolute atomic E-state index is 0.356. The first-order chi connectivity index (χ1) is 7.16. The fourth-order valence-electron chi connectivity index (χ4n) is 2.04. The highest BCUT2D eigenvalue weighted by atomic mass is 15.1. The van der Waals surface area contributed by atoms with E-state index in [0.717, 1.165) is 18.7 Å². The Morgan fingerprint density at radius 1 is 1.40 bits per heavy atom. The van der Waals surface area contributed by atoms with Crippen molar-refractivity contribution in [2.75, 3.05) is 20.6 Å². The molecule has 0 radical (unpaired) electrons. The van der Waals surface area contributed by atoms with Gasteiger partial charge in [0.2, 0.25) is 0 Å². The lowest BCUT2D eigenvalue weighted by molar-refractivity contribution is 0.212. The van der Waals surface area contributed by atoms with Crippen molar-refractivity contribution in [2.24, 2.45) is 11.7 Å². The molecule has 84 valence electrons. The van der Waals surface area contributed by atoms with Gasteiger partial charge >= 0.3 is 0 Å². The fourth-order valence-corrected chi connectivity index (χ4v) is 2.04.